The van der Waals surface area contributed by atoms with Crippen LogP contribution in [0.15, 0.2) is 95.6 Å². The van der Waals surface area contributed by atoms with E-state index in [1.54, 1.807) is 54.6 Å². The fourth-order valence-corrected chi connectivity index (χ4v) is 2.97. The van der Waals surface area contributed by atoms with Crippen molar-refractivity contribution in [1.82, 2.24) is 0 Å². The molecule has 1 aliphatic heterocycles. The molecule has 142 valence electrons. The van der Waals surface area contributed by atoms with E-state index in [1.165, 1.54) is 5.01 Å². The fourth-order valence-electron chi connectivity index (χ4n) is 2.97. The first kappa shape index (κ1) is 18.4. The second-order valence-corrected chi connectivity index (χ2v) is 6.52. The normalized spacial score (nSPS) is 14.8. The predicted molar refractivity (Wildman–Crippen MR) is 113 cm³/mol. The lowest BCUT2D eigenvalue weighted by atomic mass is 10.1. The number of para-hydroxylation sites is 1. The van der Waals surface area contributed by atoms with Gasteiger partial charge in [0.2, 0.25) is 0 Å². The Balaban J connectivity index is 1.50. The van der Waals surface area contributed by atoms with Gasteiger partial charge in [-0.15, -0.1) is 0 Å². The number of benzene rings is 3. The molecule has 29 heavy (non-hydrogen) atoms. The zero-order valence-corrected chi connectivity index (χ0v) is 15.8. The van der Waals surface area contributed by atoms with Crippen molar-refractivity contribution in [3.63, 3.8) is 0 Å². The average molecular weight is 382 g/mol. The lowest BCUT2D eigenvalue weighted by Gasteiger charge is -2.11. The number of nitrogens with zero attached hydrogens (tertiary/aromatic N) is 2. The second kappa shape index (κ2) is 7.94. The quantitative estimate of drug-likeness (QED) is 0.373. The zero-order valence-electron chi connectivity index (χ0n) is 15.8. The molecule has 0 unspecified atom stereocenters. The molecule has 0 N–H and O–H groups in total. The summed E-state index contributed by atoms with van der Waals surface area (Å²) >= 11 is 0. The molecule has 0 fully saturated rings. The topological polar surface area (TPSA) is 59.0 Å². The Morgan fingerprint density at radius 3 is 2.17 bits per heavy atom. The number of hydrazone groups is 1. The zero-order chi connectivity index (χ0) is 20.2. The van der Waals surface area contributed by atoms with Crippen molar-refractivity contribution >= 4 is 29.4 Å². The lowest BCUT2D eigenvalue weighted by Crippen LogP contribution is -2.21. The van der Waals surface area contributed by atoms with Gasteiger partial charge in [0.1, 0.15) is 5.75 Å². The summed E-state index contributed by atoms with van der Waals surface area (Å²) in [5.74, 6) is -0.146. The van der Waals surface area contributed by atoms with Crippen LogP contribution in [0.25, 0.3) is 6.08 Å². The van der Waals surface area contributed by atoms with Gasteiger partial charge < -0.3 is 4.74 Å². The van der Waals surface area contributed by atoms with E-state index < -0.39 is 5.97 Å². The van der Waals surface area contributed by atoms with Crippen molar-refractivity contribution in [2.45, 2.75) is 6.92 Å². The number of rotatable bonds is 4. The average Bonchev–Trinajstić information content (AvgIpc) is 3.04. The summed E-state index contributed by atoms with van der Waals surface area (Å²) in [6.45, 7) is 1.81. The van der Waals surface area contributed by atoms with Crippen LogP contribution in [-0.4, -0.2) is 17.6 Å². The first-order valence-corrected chi connectivity index (χ1v) is 9.16. The molecule has 5 nitrogen and oxygen atoms in total. The Kier molecular flexibility index (Phi) is 5.03. The number of hydrogen-bond donors (Lipinski definition) is 0. The summed E-state index contributed by atoms with van der Waals surface area (Å²) in [5.41, 5.74) is 3.21. The first-order chi connectivity index (χ1) is 14.1. The highest BCUT2D eigenvalue weighted by Crippen LogP contribution is 2.25. The summed E-state index contributed by atoms with van der Waals surface area (Å²) < 4.78 is 5.38. The van der Waals surface area contributed by atoms with Crippen LogP contribution < -0.4 is 9.75 Å². The van der Waals surface area contributed by atoms with Gasteiger partial charge in [-0.25, -0.2) is 4.79 Å². The molecule has 1 heterocycles. The molecular weight excluding hydrogens is 364 g/mol. The Hall–Kier alpha value is -3.99. The number of esters is 1. The van der Waals surface area contributed by atoms with E-state index in [1.807, 2.05) is 43.3 Å². The molecular formula is C24H18N2O3. The van der Waals surface area contributed by atoms with Gasteiger partial charge in [0, 0.05) is 0 Å². The lowest BCUT2D eigenvalue weighted by molar-refractivity contribution is -0.114. The van der Waals surface area contributed by atoms with Crippen molar-refractivity contribution in [2.75, 3.05) is 5.01 Å². The van der Waals surface area contributed by atoms with E-state index in [0.717, 1.165) is 11.3 Å². The van der Waals surface area contributed by atoms with Gasteiger partial charge in [0.15, 0.2) is 0 Å². The van der Waals surface area contributed by atoms with Crippen molar-refractivity contribution in [3.8, 4) is 5.75 Å². The number of ether oxygens (including phenoxy) is 1. The highest BCUT2D eigenvalue weighted by Gasteiger charge is 2.28. The molecule has 4 rings (SSSR count). The summed E-state index contributed by atoms with van der Waals surface area (Å²) in [6, 6.07) is 25.1. The van der Waals surface area contributed by atoms with Crippen LogP contribution in [0.4, 0.5) is 5.69 Å². The molecule has 0 aliphatic carbocycles. The SMILES string of the molecule is CC1=NN(c2ccccc2)C(=O)/C1=C\c1ccc(OC(=O)c2ccccc2)cc1. The van der Waals surface area contributed by atoms with Crippen LogP contribution in [0.3, 0.4) is 0 Å². The van der Waals surface area contributed by atoms with Crippen molar-refractivity contribution in [2.24, 2.45) is 5.10 Å². The summed E-state index contributed by atoms with van der Waals surface area (Å²) in [4.78, 5) is 24.9. The molecule has 3 aromatic carbocycles. The molecule has 3 aromatic rings. The van der Waals surface area contributed by atoms with Gasteiger partial charge in [-0.05, 0) is 55.0 Å². The maximum Gasteiger partial charge on any atom is 0.343 e. The third kappa shape index (κ3) is 3.99. The Morgan fingerprint density at radius 1 is 0.897 bits per heavy atom. The van der Waals surface area contributed by atoms with Gasteiger partial charge in [-0.1, -0.05) is 48.5 Å². The number of carbonyl (C=O) groups is 2. The largest absolute Gasteiger partial charge is 0.423 e. The molecule has 0 radical (unpaired) electrons. The predicted octanol–water partition coefficient (Wildman–Crippen LogP) is 4.71. The second-order valence-electron chi connectivity index (χ2n) is 6.52. The standard InChI is InChI=1S/C24H18N2O3/c1-17-22(23(27)26(25-17)20-10-6-3-7-11-20)16-18-12-14-21(15-13-18)29-24(28)19-8-4-2-5-9-19/h2-16H,1H3/b22-16-. The van der Waals surface area contributed by atoms with Gasteiger partial charge >= 0.3 is 5.97 Å². The van der Waals surface area contributed by atoms with E-state index >= 15 is 0 Å². The minimum Gasteiger partial charge on any atom is -0.423 e. The molecule has 0 spiro atoms. The van der Waals surface area contributed by atoms with Crippen LogP contribution >= 0.6 is 0 Å². The monoisotopic (exact) mass is 382 g/mol. The third-order valence-electron chi connectivity index (χ3n) is 4.47. The summed E-state index contributed by atoms with van der Waals surface area (Å²) in [7, 11) is 0. The van der Waals surface area contributed by atoms with E-state index in [4.69, 9.17) is 4.74 Å². The first-order valence-electron chi connectivity index (χ1n) is 9.16. The Labute approximate surface area is 168 Å². The van der Waals surface area contributed by atoms with Crippen molar-refractivity contribution in [1.29, 1.82) is 0 Å². The number of carbonyl (C=O) groups excluding carboxylic acids is 2. The smallest absolute Gasteiger partial charge is 0.343 e. The highest BCUT2D eigenvalue weighted by molar-refractivity contribution is 6.32. The highest BCUT2D eigenvalue weighted by atomic mass is 16.5. The molecule has 0 saturated heterocycles. The number of hydrogen-bond acceptors (Lipinski definition) is 4. The Morgan fingerprint density at radius 2 is 1.52 bits per heavy atom. The molecule has 0 saturated carbocycles. The molecule has 0 bridgehead atoms. The van der Waals surface area contributed by atoms with E-state index in [0.29, 0.717) is 22.6 Å². The number of anilines is 1. The molecule has 0 aromatic heterocycles. The minimum absolute atomic E-state index is 0.173. The van der Waals surface area contributed by atoms with Crippen molar-refractivity contribution < 1.29 is 14.3 Å². The minimum atomic E-state index is -0.413. The maximum atomic E-state index is 12.8. The van der Waals surface area contributed by atoms with Gasteiger partial charge in [-0.3, -0.25) is 4.79 Å². The summed E-state index contributed by atoms with van der Waals surface area (Å²) in [6.07, 6.45) is 1.78. The van der Waals surface area contributed by atoms with Crippen LogP contribution in [0.1, 0.15) is 22.8 Å². The van der Waals surface area contributed by atoms with Gasteiger partial charge in [-0.2, -0.15) is 10.1 Å². The third-order valence-corrected chi connectivity index (χ3v) is 4.47. The molecule has 5 heteroatoms. The van der Waals surface area contributed by atoms with Gasteiger partial charge in [0.05, 0.1) is 22.5 Å². The number of amides is 1. The summed E-state index contributed by atoms with van der Waals surface area (Å²) in [5, 5.41) is 5.77. The van der Waals surface area contributed by atoms with Crippen LogP contribution in [0.5, 0.6) is 5.75 Å². The molecule has 1 aliphatic rings. The van der Waals surface area contributed by atoms with E-state index in [2.05, 4.69) is 5.10 Å². The van der Waals surface area contributed by atoms with E-state index in [9.17, 15) is 9.59 Å². The van der Waals surface area contributed by atoms with Crippen LogP contribution in [-0.2, 0) is 4.79 Å². The molecule has 1 amide bonds. The van der Waals surface area contributed by atoms with E-state index in [-0.39, 0.29) is 5.91 Å². The van der Waals surface area contributed by atoms with Crippen molar-refractivity contribution in [3.05, 3.63) is 102 Å². The van der Waals surface area contributed by atoms with Crippen LogP contribution in [0.2, 0.25) is 0 Å². The fraction of sp³-hybridized carbons (Fsp3) is 0.0417. The Bertz CT molecular complexity index is 1100. The van der Waals surface area contributed by atoms with Gasteiger partial charge in [0.25, 0.3) is 5.91 Å². The molecule has 0 atom stereocenters. The maximum absolute atomic E-state index is 12.8. The van der Waals surface area contributed by atoms with Crippen LogP contribution in [0, 0.1) is 0 Å².